The molecule has 1 aliphatic heterocycles. The summed E-state index contributed by atoms with van der Waals surface area (Å²) in [4.78, 5) is 26.9. The van der Waals surface area contributed by atoms with Crippen LogP contribution in [0.25, 0.3) is 0 Å². The lowest BCUT2D eigenvalue weighted by atomic mass is 10.1. The van der Waals surface area contributed by atoms with E-state index in [1.807, 2.05) is 36.4 Å². The lowest BCUT2D eigenvalue weighted by Gasteiger charge is -2.28. The first kappa shape index (κ1) is 17.5. The molecule has 1 fully saturated rings. The van der Waals surface area contributed by atoms with E-state index >= 15 is 0 Å². The summed E-state index contributed by atoms with van der Waals surface area (Å²) in [7, 11) is 1.37. The Hall–Kier alpha value is -2.27. The maximum absolute atomic E-state index is 13.0. The fourth-order valence-corrected chi connectivity index (χ4v) is 4.43. The van der Waals surface area contributed by atoms with Gasteiger partial charge in [-0.25, -0.2) is 4.79 Å². The zero-order valence-corrected chi connectivity index (χ0v) is 14.9. The van der Waals surface area contributed by atoms with Gasteiger partial charge in [-0.2, -0.15) is 0 Å². The van der Waals surface area contributed by atoms with Crippen molar-refractivity contribution in [3.05, 3.63) is 71.8 Å². The Labute approximate surface area is 152 Å². The number of hydrogen-bond donors (Lipinski definition) is 0. The minimum Gasteiger partial charge on any atom is -0.467 e. The Bertz CT molecular complexity index is 720. The molecule has 130 valence electrons. The highest BCUT2D eigenvalue weighted by Gasteiger charge is 2.42. The third-order valence-corrected chi connectivity index (χ3v) is 5.70. The molecule has 2 atom stereocenters. The Morgan fingerprint density at radius 1 is 1.08 bits per heavy atom. The fourth-order valence-electron chi connectivity index (χ4n) is 3.04. The number of carbonyl (C=O) groups excluding carboxylic acids is 2. The zero-order valence-electron chi connectivity index (χ0n) is 14.1. The maximum atomic E-state index is 13.0. The molecule has 0 bridgehead atoms. The van der Waals surface area contributed by atoms with Crippen molar-refractivity contribution >= 4 is 23.6 Å². The standard InChI is InChI=1S/C20H21NO3S/c1-24-20(23)17-14-25-18(13-12-15-8-4-2-5-9-15)21(17)19(22)16-10-6-3-7-11-16/h2-11,17-18H,12-14H2,1H3. The lowest BCUT2D eigenvalue weighted by molar-refractivity contribution is -0.145. The summed E-state index contributed by atoms with van der Waals surface area (Å²) in [6.45, 7) is 0. The molecular formula is C20H21NO3S. The fraction of sp³-hybridized carbons (Fsp3) is 0.300. The number of nitrogens with zero attached hydrogens (tertiary/aromatic N) is 1. The van der Waals surface area contributed by atoms with Crippen LogP contribution in [-0.2, 0) is 16.0 Å². The minimum absolute atomic E-state index is 0.0305. The number of esters is 1. The van der Waals surface area contributed by atoms with Crippen molar-refractivity contribution in [1.82, 2.24) is 4.90 Å². The van der Waals surface area contributed by atoms with E-state index in [0.29, 0.717) is 11.3 Å². The van der Waals surface area contributed by atoms with Crippen LogP contribution in [0.15, 0.2) is 60.7 Å². The molecule has 5 heteroatoms. The predicted molar refractivity (Wildman–Crippen MR) is 99.4 cm³/mol. The van der Waals surface area contributed by atoms with E-state index in [-0.39, 0.29) is 17.3 Å². The molecule has 2 aromatic rings. The Morgan fingerprint density at radius 2 is 1.72 bits per heavy atom. The number of methoxy groups -OCH3 is 1. The molecule has 1 saturated heterocycles. The highest BCUT2D eigenvalue weighted by Crippen LogP contribution is 2.34. The molecule has 2 aromatic carbocycles. The van der Waals surface area contributed by atoms with Crippen LogP contribution >= 0.6 is 11.8 Å². The first-order valence-corrected chi connectivity index (χ1v) is 9.36. The topological polar surface area (TPSA) is 46.6 Å². The van der Waals surface area contributed by atoms with Crippen LogP contribution in [0.1, 0.15) is 22.3 Å². The summed E-state index contributed by atoms with van der Waals surface area (Å²) in [6, 6.07) is 18.8. The van der Waals surface area contributed by atoms with Gasteiger partial charge in [-0.05, 0) is 30.5 Å². The average molecular weight is 355 g/mol. The van der Waals surface area contributed by atoms with Crippen LogP contribution in [0.5, 0.6) is 0 Å². The minimum atomic E-state index is -0.525. The van der Waals surface area contributed by atoms with Crippen LogP contribution < -0.4 is 0 Å². The Balaban J connectivity index is 1.78. The van der Waals surface area contributed by atoms with Crippen molar-refractivity contribution in [2.75, 3.05) is 12.9 Å². The molecule has 0 N–H and O–H groups in total. The number of benzene rings is 2. The molecule has 1 heterocycles. The largest absolute Gasteiger partial charge is 0.467 e. The second-order valence-electron chi connectivity index (χ2n) is 5.93. The molecular weight excluding hydrogens is 334 g/mol. The van der Waals surface area contributed by atoms with Crippen LogP contribution in [0.4, 0.5) is 0 Å². The average Bonchev–Trinajstić information content (AvgIpc) is 3.10. The van der Waals surface area contributed by atoms with Crippen LogP contribution in [0.3, 0.4) is 0 Å². The van der Waals surface area contributed by atoms with Crippen molar-refractivity contribution in [1.29, 1.82) is 0 Å². The number of rotatable bonds is 5. The van der Waals surface area contributed by atoms with Gasteiger partial charge in [-0.1, -0.05) is 48.5 Å². The SMILES string of the molecule is COC(=O)C1CSC(CCc2ccccc2)N1C(=O)c1ccccc1. The Morgan fingerprint density at radius 3 is 2.36 bits per heavy atom. The highest BCUT2D eigenvalue weighted by atomic mass is 32.2. The number of carbonyl (C=O) groups is 2. The second kappa shape index (κ2) is 8.21. The molecule has 0 saturated carbocycles. The van der Waals surface area contributed by atoms with E-state index in [4.69, 9.17) is 4.74 Å². The smallest absolute Gasteiger partial charge is 0.329 e. The molecule has 2 unspecified atom stereocenters. The third kappa shape index (κ3) is 4.04. The lowest BCUT2D eigenvalue weighted by Crippen LogP contribution is -2.46. The van der Waals surface area contributed by atoms with E-state index in [1.165, 1.54) is 12.7 Å². The van der Waals surface area contributed by atoms with Crippen molar-refractivity contribution in [2.24, 2.45) is 0 Å². The number of hydrogen-bond acceptors (Lipinski definition) is 4. The summed E-state index contributed by atoms with van der Waals surface area (Å²) in [5.41, 5.74) is 1.83. The van der Waals surface area contributed by atoms with Crippen molar-refractivity contribution < 1.29 is 14.3 Å². The van der Waals surface area contributed by atoms with E-state index < -0.39 is 6.04 Å². The van der Waals surface area contributed by atoms with Gasteiger partial charge in [0.15, 0.2) is 0 Å². The number of aryl methyl sites for hydroxylation is 1. The van der Waals surface area contributed by atoms with Crippen LogP contribution in [0, 0.1) is 0 Å². The van der Waals surface area contributed by atoms with Gasteiger partial charge in [0.1, 0.15) is 6.04 Å². The monoisotopic (exact) mass is 355 g/mol. The van der Waals surface area contributed by atoms with Gasteiger partial charge in [0.25, 0.3) is 5.91 Å². The first-order chi connectivity index (χ1) is 12.2. The van der Waals surface area contributed by atoms with Crippen molar-refractivity contribution in [3.63, 3.8) is 0 Å². The van der Waals surface area contributed by atoms with E-state index in [1.54, 1.807) is 28.8 Å². The van der Waals surface area contributed by atoms with Crippen molar-refractivity contribution in [2.45, 2.75) is 24.3 Å². The first-order valence-electron chi connectivity index (χ1n) is 8.32. The Kier molecular flexibility index (Phi) is 5.76. The van der Waals surface area contributed by atoms with Gasteiger partial charge in [0.05, 0.1) is 12.5 Å². The van der Waals surface area contributed by atoms with E-state index in [0.717, 1.165) is 12.8 Å². The van der Waals surface area contributed by atoms with Gasteiger partial charge in [-0.3, -0.25) is 4.79 Å². The molecule has 0 spiro atoms. The predicted octanol–water partition coefficient (Wildman–Crippen LogP) is 3.38. The molecule has 4 nitrogen and oxygen atoms in total. The summed E-state index contributed by atoms with van der Waals surface area (Å²) in [5.74, 6) is 0.114. The zero-order chi connectivity index (χ0) is 17.6. The molecule has 0 radical (unpaired) electrons. The summed E-state index contributed by atoms with van der Waals surface area (Å²) in [5, 5.41) is -0.0305. The van der Waals surface area contributed by atoms with Crippen LogP contribution in [-0.4, -0.2) is 41.1 Å². The van der Waals surface area contributed by atoms with Gasteiger partial charge in [-0.15, -0.1) is 11.8 Å². The van der Waals surface area contributed by atoms with Gasteiger partial charge < -0.3 is 9.64 Å². The number of thioether (sulfide) groups is 1. The maximum Gasteiger partial charge on any atom is 0.329 e. The molecule has 3 rings (SSSR count). The normalized spacial score (nSPS) is 19.6. The molecule has 0 aromatic heterocycles. The van der Waals surface area contributed by atoms with E-state index in [2.05, 4.69) is 12.1 Å². The molecule has 1 aliphatic rings. The molecule has 1 amide bonds. The van der Waals surface area contributed by atoms with Gasteiger partial charge in [0.2, 0.25) is 0 Å². The summed E-state index contributed by atoms with van der Waals surface area (Å²) < 4.78 is 4.92. The second-order valence-corrected chi connectivity index (χ2v) is 7.14. The number of ether oxygens (including phenoxy) is 1. The molecule has 25 heavy (non-hydrogen) atoms. The quantitative estimate of drug-likeness (QED) is 0.772. The molecule has 0 aliphatic carbocycles. The summed E-state index contributed by atoms with van der Waals surface area (Å²) >= 11 is 1.65. The summed E-state index contributed by atoms with van der Waals surface area (Å²) in [6.07, 6.45) is 1.67. The van der Waals surface area contributed by atoms with Gasteiger partial charge >= 0.3 is 5.97 Å². The van der Waals surface area contributed by atoms with Crippen molar-refractivity contribution in [3.8, 4) is 0 Å². The third-order valence-electron chi connectivity index (χ3n) is 4.34. The highest BCUT2D eigenvalue weighted by molar-refractivity contribution is 8.00. The van der Waals surface area contributed by atoms with Gasteiger partial charge in [0, 0.05) is 11.3 Å². The van der Waals surface area contributed by atoms with Crippen LogP contribution in [0.2, 0.25) is 0 Å². The van der Waals surface area contributed by atoms with E-state index in [9.17, 15) is 9.59 Å². The number of amides is 1.